The molecule has 1 atom stereocenters. The van der Waals surface area contributed by atoms with E-state index in [1.54, 1.807) is 5.32 Å². The number of aliphatic hydroxyl groups excluding tert-OH is 1. The molecule has 12 nitrogen and oxygen atoms in total. The molecule has 1 aromatic rings. The number of guanidine groups is 1. The van der Waals surface area contributed by atoms with Gasteiger partial charge in [0, 0.05) is 29.3 Å². The van der Waals surface area contributed by atoms with Gasteiger partial charge in [-0.3, -0.25) is 13.7 Å². The number of hydrogen-bond acceptors (Lipinski definition) is 8. The van der Waals surface area contributed by atoms with Crippen LogP contribution in [0.1, 0.15) is 24.5 Å². The van der Waals surface area contributed by atoms with Gasteiger partial charge in [0.1, 0.15) is 24.1 Å². The van der Waals surface area contributed by atoms with Gasteiger partial charge in [0.25, 0.3) is 5.96 Å². The van der Waals surface area contributed by atoms with E-state index >= 15 is 0 Å². The monoisotopic (exact) mass is 398 g/mol. The smallest absolute Gasteiger partial charge is 0.288 e. The number of phenolic OH excluding ortho intramolecular Hbond substituents is 2. The van der Waals surface area contributed by atoms with Crippen molar-refractivity contribution in [3.05, 3.63) is 23.8 Å². The Labute approximate surface area is 151 Å². The fourth-order valence-corrected chi connectivity index (χ4v) is 1.91. The van der Waals surface area contributed by atoms with Gasteiger partial charge >= 0.3 is 0 Å². The van der Waals surface area contributed by atoms with E-state index in [-0.39, 0.29) is 22.9 Å². The average molecular weight is 398 g/mol. The molecule has 0 saturated carbocycles. The highest BCUT2D eigenvalue weighted by Gasteiger charge is 2.11. The van der Waals surface area contributed by atoms with E-state index in [4.69, 9.17) is 28.7 Å². The zero-order valence-electron chi connectivity index (χ0n) is 14.0. The summed E-state index contributed by atoms with van der Waals surface area (Å²) in [5.74, 6) is -0.00858. The van der Waals surface area contributed by atoms with Crippen LogP contribution >= 0.6 is 0 Å². The number of phenols is 2. The van der Waals surface area contributed by atoms with Crippen LogP contribution in [0.15, 0.2) is 18.2 Å². The Hall–Kier alpha value is -2.00. The second-order valence-corrected chi connectivity index (χ2v) is 5.99. The van der Waals surface area contributed by atoms with Gasteiger partial charge in [-0.05, 0) is 17.7 Å². The number of aromatic hydroxyl groups is 2. The number of rotatable bonds is 8. The Kier molecular flexibility index (Phi) is 13.4. The third-order valence-electron chi connectivity index (χ3n) is 2.93. The summed E-state index contributed by atoms with van der Waals surface area (Å²) < 4.78 is 34.1. The molecule has 0 aliphatic heterocycles. The van der Waals surface area contributed by atoms with Gasteiger partial charge in [-0.2, -0.15) is 0 Å². The lowest BCUT2D eigenvalue weighted by Gasteiger charge is -2.10. The molecule has 0 saturated heterocycles. The maximum absolute atomic E-state index is 9.94. The van der Waals surface area contributed by atoms with Crippen molar-refractivity contribution in [2.45, 2.75) is 18.9 Å². The molecule has 152 valence electrons. The summed E-state index contributed by atoms with van der Waals surface area (Å²) >= 11 is 0. The number of unbranched alkanes of at least 4 members (excludes halogenated alkanes) is 1. The van der Waals surface area contributed by atoms with Gasteiger partial charge in [-0.25, -0.2) is 5.41 Å². The Morgan fingerprint density at radius 1 is 1.15 bits per heavy atom. The molecule has 26 heavy (non-hydrogen) atoms. The summed E-state index contributed by atoms with van der Waals surface area (Å²) in [7, 11) is -5.17. The largest absolute Gasteiger partial charge is 0.759 e. The summed E-state index contributed by atoms with van der Waals surface area (Å²) in [5, 5.41) is 39.3. The fourth-order valence-electron chi connectivity index (χ4n) is 1.91. The first-order valence-corrected chi connectivity index (χ1v) is 8.69. The quantitative estimate of drug-likeness (QED) is 0.0739. The van der Waals surface area contributed by atoms with Crippen molar-refractivity contribution in [2.75, 3.05) is 19.6 Å². The Morgan fingerprint density at radius 3 is 2.08 bits per heavy atom. The zero-order valence-corrected chi connectivity index (χ0v) is 14.8. The van der Waals surface area contributed by atoms with E-state index in [0.29, 0.717) is 12.1 Å². The molecule has 0 aliphatic carbocycles. The van der Waals surface area contributed by atoms with Crippen molar-refractivity contribution in [3.8, 4) is 11.5 Å². The highest BCUT2D eigenvalue weighted by molar-refractivity contribution is 7.79. The highest BCUT2D eigenvalue weighted by Crippen LogP contribution is 2.24. The molecular formula is C13H26N4O8S. The van der Waals surface area contributed by atoms with E-state index in [1.807, 2.05) is 5.32 Å². The number of aliphatic hydroxyl groups is 1. The maximum atomic E-state index is 9.94. The van der Waals surface area contributed by atoms with Gasteiger partial charge in [-0.15, -0.1) is 0 Å². The number of quaternary nitrogens is 2. The van der Waals surface area contributed by atoms with Crippen LogP contribution in [0.5, 0.6) is 11.5 Å². The molecule has 0 aromatic heterocycles. The molecule has 0 aliphatic rings. The zero-order chi connectivity index (χ0) is 19.5. The van der Waals surface area contributed by atoms with Crippen molar-refractivity contribution in [2.24, 2.45) is 5.73 Å². The molecule has 12 N–H and O–H groups in total. The van der Waals surface area contributed by atoms with E-state index in [1.165, 1.54) is 18.2 Å². The standard InChI is InChI=1S/C13H22N4O3.H2O4S.H2O/c14-13(15)17-4-2-1-3-16-8-12(20)9-5-10(18)7-11(19)6-9;1-5(2,3)4;/h5-7,12,16,18-20H,1-4,8H2,(H4,14,15,17);(H2,1,2,3,4);1H2. The number of benzene rings is 1. The van der Waals surface area contributed by atoms with Crippen molar-refractivity contribution in [1.82, 2.24) is 0 Å². The van der Waals surface area contributed by atoms with Crippen molar-refractivity contribution < 1.29 is 49.0 Å². The van der Waals surface area contributed by atoms with E-state index in [0.717, 1.165) is 25.9 Å². The molecule has 1 aromatic carbocycles. The van der Waals surface area contributed by atoms with Crippen LogP contribution in [-0.2, 0) is 10.4 Å². The summed E-state index contributed by atoms with van der Waals surface area (Å²) in [4.78, 5) is 0. The van der Waals surface area contributed by atoms with Crippen LogP contribution in [-0.4, -0.2) is 63.9 Å². The summed E-state index contributed by atoms with van der Waals surface area (Å²) in [6.07, 6.45) is 1.21. The van der Waals surface area contributed by atoms with Crippen molar-refractivity contribution in [1.29, 1.82) is 5.41 Å². The molecule has 1 unspecified atom stereocenters. The topological polar surface area (TPSA) is 256 Å². The molecule has 1 rings (SSSR count). The summed E-state index contributed by atoms with van der Waals surface area (Å²) in [5.41, 5.74) is 5.71. The lowest BCUT2D eigenvalue weighted by atomic mass is 10.1. The first-order chi connectivity index (χ1) is 11.5. The van der Waals surface area contributed by atoms with Crippen molar-refractivity contribution >= 4 is 16.4 Å². The molecule has 0 bridgehead atoms. The molecule has 0 radical (unpaired) electrons. The SMILES string of the molecule is N=C(N)[NH2+]CCCC[NH2+]CC(O)c1cc(O)cc(O)c1.O.O=S(=O)([O-])[O-]. The summed E-state index contributed by atoms with van der Waals surface area (Å²) in [6, 6.07) is 4.12. The first-order valence-electron chi connectivity index (χ1n) is 7.35. The number of hydrogen-bond donors (Lipinski definition) is 7. The highest BCUT2D eigenvalue weighted by atomic mass is 32.3. The number of nitrogens with one attached hydrogen (secondary N) is 1. The van der Waals surface area contributed by atoms with Gasteiger partial charge < -0.3 is 41.0 Å². The predicted molar refractivity (Wildman–Crippen MR) is 88.4 cm³/mol. The average Bonchev–Trinajstić information content (AvgIpc) is 2.42. The van der Waals surface area contributed by atoms with Gasteiger partial charge in [0.05, 0.1) is 13.1 Å². The Bertz CT molecular complexity index is 613. The third kappa shape index (κ3) is 16.8. The minimum atomic E-state index is -5.17. The predicted octanol–water partition coefficient (Wildman–Crippen LogP) is -4.23. The molecule has 0 spiro atoms. The maximum Gasteiger partial charge on any atom is 0.288 e. The van der Waals surface area contributed by atoms with Crippen LogP contribution in [0.4, 0.5) is 0 Å². The van der Waals surface area contributed by atoms with Gasteiger partial charge in [0.15, 0.2) is 0 Å². The summed E-state index contributed by atoms with van der Waals surface area (Å²) in [6.45, 7) is 2.14. The minimum Gasteiger partial charge on any atom is -0.759 e. The van der Waals surface area contributed by atoms with E-state index < -0.39 is 16.5 Å². The Balaban J connectivity index is 0. The number of nitrogens with two attached hydrogens (primary N) is 3. The molecule has 0 amide bonds. The van der Waals surface area contributed by atoms with E-state index in [9.17, 15) is 15.3 Å². The minimum absolute atomic E-state index is 0. The second-order valence-electron chi connectivity index (χ2n) is 5.18. The van der Waals surface area contributed by atoms with E-state index in [2.05, 4.69) is 0 Å². The van der Waals surface area contributed by atoms with Gasteiger partial charge in [0.2, 0.25) is 0 Å². The first kappa shape index (κ1) is 26.2. The molecule has 0 fully saturated rings. The molecule has 13 heteroatoms. The lowest BCUT2D eigenvalue weighted by molar-refractivity contribution is -0.663. The van der Waals surface area contributed by atoms with Crippen LogP contribution in [0.2, 0.25) is 0 Å². The normalized spacial score (nSPS) is 11.7. The van der Waals surface area contributed by atoms with Crippen LogP contribution in [0.25, 0.3) is 0 Å². The van der Waals surface area contributed by atoms with Crippen LogP contribution in [0, 0.1) is 5.41 Å². The molecular weight excluding hydrogens is 372 g/mol. The lowest BCUT2D eigenvalue weighted by Crippen LogP contribution is -2.90. The Morgan fingerprint density at radius 2 is 1.62 bits per heavy atom. The molecule has 0 heterocycles. The third-order valence-corrected chi connectivity index (χ3v) is 2.93. The fraction of sp³-hybridized carbons (Fsp3) is 0.462. The van der Waals surface area contributed by atoms with Crippen LogP contribution < -0.4 is 16.4 Å². The second kappa shape index (κ2) is 13.2. The van der Waals surface area contributed by atoms with Crippen LogP contribution in [0.3, 0.4) is 0 Å². The van der Waals surface area contributed by atoms with Gasteiger partial charge in [-0.1, -0.05) is 0 Å². The van der Waals surface area contributed by atoms with Crippen molar-refractivity contribution in [3.63, 3.8) is 0 Å².